The van der Waals surface area contributed by atoms with Crippen molar-refractivity contribution in [1.82, 2.24) is 5.48 Å². The first-order valence-corrected chi connectivity index (χ1v) is 7.60. The molecule has 0 bridgehead atoms. The Morgan fingerprint density at radius 2 is 1.68 bits per heavy atom. The number of nitrogens with one attached hydrogen (secondary N) is 2. The summed E-state index contributed by atoms with van der Waals surface area (Å²) < 4.78 is 0. The van der Waals surface area contributed by atoms with Crippen molar-refractivity contribution in [3.05, 3.63) is 65.7 Å². The molecule has 0 aromatic heterocycles. The van der Waals surface area contributed by atoms with Crippen LogP contribution < -0.4 is 10.8 Å². The molecule has 1 aliphatic carbocycles. The molecule has 0 saturated heterocycles. The molecule has 1 amide bonds. The van der Waals surface area contributed by atoms with Gasteiger partial charge in [0.2, 0.25) is 0 Å². The summed E-state index contributed by atoms with van der Waals surface area (Å²) in [5.41, 5.74) is 4.54. The van der Waals surface area contributed by atoms with Crippen LogP contribution in [0.5, 0.6) is 0 Å². The van der Waals surface area contributed by atoms with Gasteiger partial charge < -0.3 is 5.32 Å². The van der Waals surface area contributed by atoms with Gasteiger partial charge in [-0.25, -0.2) is 5.48 Å². The molecular formula is C18H20N2O2. The van der Waals surface area contributed by atoms with Crippen LogP contribution in [0.2, 0.25) is 0 Å². The molecule has 2 aromatic carbocycles. The Bertz CT molecular complexity index is 621. The fraction of sp³-hybridized carbons (Fsp3) is 0.278. The van der Waals surface area contributed by atoms with E-state index in [0.717, 1.165) is 29.3 Å². The fourth-order valence-electron chi connectivity index (χ4n) is 2.58. The molecule has 22 heavy (non-hydrogen) atoms. The summed E-state index contributed by atoms with van der Waals surface area (Å²) in [5.74, 6) is -0.120. The number of carbonyl (C=O) groups is 1. The molecule has 3 rings (SSSR count). The van der Waals surface area contributed by atoms with Gasteiger partial charge >= 0.3 is 0 Å². The highest BCUT2D eigenvalue weighted by atomic mass is 16.5. The summed E-state index contributed by atoms with van der Waals surface area (Å²) in [4.78, 5) is 12.0. The Kier molecular flexibility index (Phi) is 4.39. The summed E-state index contributed by atoms with van der Waals surface area (Å²) in [6, 6.07) is 17.3. The molecule has 1 atom stereocenters. The normalized spacial score (nSPS) is 15.1. The quantitative estimate of drug-likeness (QED) is 0.567. The summed E-state index contributed by atoms with van der Waals surface area (Å²) in [6.45, 7) is 1.01. The predicted molar refractivity (Wildman–Crippen MR) is 85.9 cm³/mol. The molecule has 114 valence electrons. The van der Waals surface area contributed by atoms with Gasteiger partial charge in [-0.15, -0.1) is 0 Å². The molecule has 4 nitrogen and oxygen atoms in total. The van der Waals surface area contributed by atoms with Crippen LogP contribution in [0.1, 0.15) is 29.9 Å². The molecule has 0 heterocycles. The van der Waals surface area contributed by atoms with Crippen molar-refractivity contribution in [3.63, 3.8) is 0 Å². The molecule has 0 radical (unpaired) electrons. The molecule has 2 aromatic rings. The van der Waals surface area contributed by atoms with Gasteiger partial charge in [-0.3, -0.25) is 10.0 Å². The highest BCUT2D eigenvalue weighted by molar-refractivity contribution is 5.86. The predicted octanol–water partition coefficient (Wildman–Crippen LogP) is 3.15. The van der Waals surface area contributed by atoms with Gasteiger partial charge in [0.05, 0.1) is 5.92 Å². The van der Waals surface area contributed by atoms with Crippen LogP contribution in [0, 0.1) is 5.92 Å². The lowest BCUT2D eigenvalue weighted by Gasteiger charge is -2.16. The zero-order valence-electron chi connectivity index (χ0n) is 12.3. The van der Waals surface area contributed by atoms with Gasteiger partial charge in [0.25, 0.3) is 5.91 Å². The summed E-state index contributed by atoms with van der Waals surface area (Å²) in [5, 5.41) is 12.4. The lowest BCUT2D eigenvalue weighted by molar-refractivity contribution is -0.129. The van der Waals surface area contributed by atoms with E-state index in [1.54, 1.807) is 5.48 Å². The highest BCUT2D eigenvalue weighted by Gasteiger charge is 2.23. The molecule has 4 heteroatoms. The summed E-state index contributed by atoms with van der Waals surface area (Å²) >= 11 is 0. The maximum atomic E-state index is 12.0. The monoisotopic (exact) mass is 296 g/mol. The van der Waals surface area contributed by atoms with E-state index in [-0.39, 0.29) is 0 Å². The third-order valence-corrected chi connectivity index (χ3v) is 4.04. The van der Waals surface area contributed by atoms with Gasteiger partial charge in [0.15, 0.2) is 0 Å². The van der Waals surface area contributed by atoms with E-state index in [0.29, 0.717) is 0 Å². The van der Waals surface area contributed by atoms with E-state index in [9.17, 15) is 4.79 Å². The Labute approximate surface area is 130 Å². The first kappa shape index (κ1) is 14.6. The molecule has 0 spiro atoms. The average Bonchev–Trinajstić information content (AvgIpc) is 3.39. The Morgan fingerprint density at radius 3 is 2.27 bits per heavy atom. The Morgan fingerprint density at radius 1 is 1.05 bits per heavy atom. The third kappa shape index (κ3) is 3.46. The molecule has 0 aliphatic heterocycles. The van der Waals surface area contributed by atoms with Crippen molar-refractivity contribution in [2.24, 2.45) is 5.92 Å². The van der Waals surface area contributed by atoms with Crippen LogP contribution in [-0.4, -0.2) is 17.7 Å². The van der Waals surface area contributed by atoms with Crippen molar-refractivity contribution in [3.8, 4) is 0 Å². The van der Waals surface area contributed by atoms with E-state index in [1.807, 2.05) is 54.6 Å². The molecule has 1 saturated carbocycles. The number of hydroxylamine groups is 1. The minimum Gasteiger partial charge on any atom is -0.385 e. The van der Waals surface area contributed by atoms with Gasteiger partial charge in [0.1, 0.15) is 0 Å². The first-order valence-electron chi connectivity index (χ1n) is 7.60. The summed E-state index contributed by atoms with van der Waals surface area (Å²) in [7, 11) is 0. The lowest BCUT2D eigenvalue weighted by atomic mass is 9.90. The fourth-order valence-corrected chi connectivity index (χ4v) is 2.58. The van der Waals surface area contributed by atoms with Crippen LogP contribution >= 0.6 is 0 Å². The number of benzene rings is 2. The van der Waals surface area contributed by atoms with Crippen LogP contribution in [0.4, 0.5) is 5.69 Å². The van der Waals surface area contributed by atoms with E-state index < -0.39 is 11.8 Å². The van der Waals surface area contributed by atoms with E-state index in [1.165, 1.54) is 12.8 Å². The number of hydrogen-bond acceptors (Lipinski definition) is 3. The van der Waals surface area contributed by atoms with Gasteiger partial charge in [0, 0.05) is 12.2 Å². The van der Waals surface area contributed by atoms with Crippen LogP contribution in [0.3, 0.4) is 0 Å². The standard InChI is InChI=1S/C18H20N2O2/c21-18(20-22)17(14-4-2-1-3-5-14)15-8-10-16(11-9-15)19-12-13-6-7-13/h1-5,8-11,13,17,19,22H,6-7,12H2,(H,20,21). The third-order valence-electron chi connectivity index (χ3n) is 4.04. The van der Waals surface area contributed by atoms with Gasteiger partial charge in [-0.2, -0.15) is 0 Å². The highest BCUT2D eigenvalue weighted by Crippen LogP contribution is 2.30. The minimum absolute atomic E-state index is 0.426. The second-order valence-corrected chi connectivity index (χ2v) is 5.77. The number of anilines is 1. The minimum atomic E-state index is -0.510. The van der Waals surface area contributed by atoms with Crippen molar-refractivity contribution in [1.29, 1.82) is 0 Å². The zero-order valence-corrected chi connectivity index (χ0v) is 12.3. The zero-order chi connectivity index (χ0) is 15.4. The molecular weight excluding hydrogens is 276 g/mol. The molecule has 3 N–H and O–H groups in total. The Balaban J connectivity index is 1.79. The van der Waals surface area contributed by atoms with Crippen LogP contribution in [0.25, 0.3) is 0 Å². The molecule has 1 unspecified atom stereocenters. The number of amides is 1. The largest absolute Gasteiger partial charge is 0.385 e. The maximum Gasteiger partial charge on any atom is 0.255 e. The van der Waals surface area contributed by atoms with E-state index in [4.69, 9.17) is 5.21 Å². The second-order valence-electron chi connectivity index (χ2n) is 5.77. The van der Waals surface area contributed by atoms with Crippen molar-refractivity contribution >= 4 is 11.6 Å². The number of hydrogen-bond donors (Lipinski definition) is 3. The van der Waals surface area contributed by atoms with Crippen molar-refractivity contribution in [2.45, 2.75) is 18.8 Å². The average molecular weight is 296 g/mol. The SMILES string of the molecule is O=C(NO)C(c1ccccc1)c1ccc(NCC2CC2)cc1. The van der Waals surface area contributed by atoms with E-state index in [2.05, 4.69) is 5.32 Å². The second kappa shape index (κ2) is 6.62. The van der Waals surface area contributed by atoms with E-state index >= 15 is 0 Å². The maximum absolute atomic E-state index is 12.0. The van der Waals surface area contributed by atoms with Crippen molar-refractivity contribution < 1.29 is 10.0 Å². The number of carbonyl (C=O) groups excluding carboxylic acids is 1. The van der Waals surface area contributed by atoms with Crippen LogP contribution in [0.15, 0.2) is 54.6 Å². The summed E-state index contributed by atoms with van der Waals surface area (Å²) in [6.07, 6.45) is 2.63. The smallest absolute Gasteiger partial charge is 0.255 e. The van der Waals surface area contributed by atoms with Crippen LogP contribution in [-0.2, 0) is 4.79 Å². The topological polar surface area (TPSA) is 61.4 Å². The lowest BCUT2D eigenvalue weighted by Crippen LogP contribution is -2.27. The first-order chi connectivity index (χ1) is 10.8. The molecule has 1 aliphatic rings. The number of rotatable bonds is 6. The Hall–Kier alpha value is -2.33. The van der Waals surface area contributed by atoms with Gasteiger partial charge in [-0.1, -0.05) is 42.5 Å². The van der Waals surface area contributed by atoms with Gasteiger partial charge in [-0.05, 0) is 42.0 Å². The molecule has 1 fully saturated rings. The van der Waals surface area contributed by atoms with Crippen molar-refractivity contribution in [2.75, 3.05) is 11.9 Å².